The highest BCUT2D eigenvalue weighted by Gasteiger charge is 2.36. The number of fused-ring (bicyclic) bond motifs is 2. The van der Waals surface area contributed by atoms with Gasteiger partial charge in [0.25, 0.3) is 11.8 Å². The summed E-state index contributed by atoms with van der Waals surface area (Å²) < 4.78 is 52.6. The molecule has 0 bridgehead atoms. The predicted octanol–water partition coefficient (Wildman–Crippen LogP) is 3.13. The molecule has 2 aromatic rings. The van der Waals surface area contributed by atoms with Crippen molar-refractivity contribution in [2.24, 2.45) is 0 Å². The lowest BCUT2D eigenvalue weighted by atomic mass is 10.1. The number of carbonyl (C=O) groups is 6. The van der Waals surface area contributed by atoms with Gasteiger partial charge in [0.15, 0.2) is 30.6 Å². The number of anilines is 2. The molecule has 4 rings (SSSR count). The molecule has 2 aromatic carbocycles. The Kier molecular flexibility index (Phi) is 11.2. The zero-order valence-electron chi connectivity index (χ0n) is 25.4. The molecule has 0 radical (unpaired) electrons. The molecule has 0 spiro atoms. The second-order valence-electron chi connectivity index (χ2n) is 9.66. The Bertz CT molecular complexity index is 1530. The van der Waals surface area contributed by atoms with Gasteiger partial charge in [-0.25, -0.2) is 18.4 Å². The van der Waals surface area contributed by atoms with Crippen molar-refractivity contribution in [1.29, 1.82) is 0 Å². The van der Waals surface area contributed by atoms with Gasteiger partial charge in [-0.2, -0.15) is 0 Å². The van der Waals surface area contributed by atoms with Gasteiger partial charge in [-0.3, -0.25) is 29.0 Å². The average molecular weight is 635 g/mol. The highest BCUT2D eigenvalue weighted by Crippen LogP contribution is 2.39. The molecule has 242 valence electrons. The number of Topliss-reactive ketones (excluding diaryl/α,β-unsaturated/α-hetero) is 1. The van der Waals surface area contributed by atoms with Crippen LogP contribution in [0.5, 0.6) is 17.2 Å². The monoisotopic (exact) mass is 634 g/mol. The summed E-state index contributed by atoms with van der Waals surface area (Å²) in [5, 5.41) is 0. The molecule has 0 aromatic heterocycles. The summed E-state index contributed by atoms with van der Waals surface area (Å²) in [7, 11) is 0. The number of rotatable bonds is 8. The Labute approximate surface area is 256 Å². The van der Waals surface area contributed by atoms with Crippen LogP contribution in [0.25, 0.3) is 0 Å². The van der Waals surface area contributed by atoms with Crippen LogP contribution in [-0.2, 0) is 33.4 Å². The van der Waals surface area contributed by atoms with Gasteiger partial charge in [0.2, 0.25) is 0 Å². The van der Waals surface area contributed by atoms with E-state index in [1.54, 1.807) is 13.8 Å². The SMILES string of the molecule is CCOC(=O)C(C)N1C(=O)COc2cc(F)c(C(C)=O)cc21.CCOC(=O)C(C)N1C(=O)COc2cc(F)c(OC(C)=O)cc21. The number of nitrogens with zero attached hydrogens (tertiary/aromatic N) is 2. The van der Waals surface area contributed by atoms with Crippen molar-refractivity contribution < 1.29 is 61.2 Å². The molecule has 0 aliphatic carbocycles. The Morgan fingerprint density at radius 2 is 1.22 bits per heavy atom. The number of hydrogen-bond donors (Lipinski definition) is 0. The number of benzene rings is 2. The molecule has 2 amide bonds. The third-order valence-corrected chi connectivity index (χ3v) is 6.48. The minimum Gasteiger partial charge on any atom is -0.481 e. The molecular weight excluding hydrogens is 602 g/mol. The molecule has 13 nitrogen and oxygen atoms in total. The lowest BCUT2D eigenvalue weighted by Gasteiger charge is -2.33. The zero-order chi connectivity index (χ0) is 33.6. The molecule has 2 aliphatic rings. The maximum atomic E-state index is 13.9. The summed E-state index contributed by atoms with van der Waals surface area (Å²) in [6.07, 6.45) is 0. The fraction of sp³-hybridized carbons (Fsp3) is 0.400. The molecule has 45 heavy (non-hydrogen) atoms. The topological polar surface area (TPSA) is 155 Å². The number of halogens is 2. The van der Waals surface area contributed by atoms with Crippen molar-refractivity contribution in [1.82, 2.24) is 0 Å². The zero-order valence-corrected chi connectivity index (χ0v) is 25.4. The Morgan fingerprint density at radius 1 is 0.778 bits per heavy atom. The predicted molar refractivity (Wildman–Crippen MR) is 152 cm³/mol. The first-order valence-corrected chi connectivity index (χ1v) is 13.8. The normalized spacial score (nSPS) is 14.8. The third kappa shape index (κ3) is 7.72. The third-order valence-electron chi connectivity index (χ3n) is 6.48. The van der Waals surface area contributed by atoms with Gasteiger partial charge >= 0.3 is 17.9 Å². The van der Waals surface area contributed by atoms with Crippen LogP contribution in [0, 0.1) is 11.6 Å². The minimum atomic E-state index is -0.930. The number of hydrogen-bond acceptors (Lipinski definition) is 11. The van der Waals surface area contributed by atoms with E-state index in [0.717, 1.165) is 30.0 Å². The van der Waals surface area contributed by atoms with Crippen LogP contribution in [0.15, 0.2) is 24.3 Å². The quantitative estimate of drug-likeness (QED) is 0.239. The standard InChI is InChI=1S/C15H16FNO6.C15H16FNO5/c1-4-21-15(20)8(2)17-11-6-12(23-9(3)18)10(16)5-13(11)22-7-14(17)19;1-4-21-15(20)8(2)17-12-5-10(9(3)18)11(16)6-13(12)22-7-14(17)19/h5-6,8H,4,7H2,1-3H3;5-6,8H,4,7H2,1-3H3. The van der Waals surface area contributed by atoms with Crippen LogP contribution >= 0.6 is 0 Å². The van der Waals surface area contributed by atoms with Crippen LogP contribution in [0.1, 0.15) is 51.9 Å². The molecular formula is C30H32F2N2O11. The Morgan fingerprint density at radius 3 is 1.64 bits per heavy atom. The maximum Gasteiger partial charge on any atom is 0.328 e. The Hall–Kier alpha value is -5.08. The van der Waals surface area contributed by atoms with Crippen molar-refractivity contribution in [3.8, 4) is 17.2 Å². The summed E-state index contributed by atoms with van der Waals surface area (Å²) >= 11 is 0. The summed E-state index contributed by atoms with van der Waals surface area (Å²) in [6, 6.07) is 2.59. The number of carbonyl (C=O) groups excluding carboxylic acids is 6. The first kappa shape index (κ1) is 34.4. The van der Waals surface area contributed by atoms with Crippen LogP contribution in [0.3, 0.4) is 0 Å². The smallest absolute Gasteiger partial charge is 0.328 e. The van der Waals surface area contributed by atoms with E-state index in [1.165, 1.54) is 31.7 Å². The number of ketones is 1. The fourth-order valence-electron chi connectivity index (χ4n) is 4.45. The van der Waals surface area contributed by atoms with E-state index in [4.69, 9.17) is 23.7 Å². The van der Waals surface area contributed by atoms with Gasteiger partial charge in [0, 0.05) is 25.1 Å². The highest BCUT2D eigenvalue weighted by molar-refractivity contribution is 6.05. The van der Waals surface area contributed by atoms with Crippen molar-refractivity contribution >= 4 is 46.9 Å². The number of amides is 2. The molecule has 2 unspecified atom stereocenters. The second-order valence-corrected chi connectivity index (χ2v) is 9.66. The van der Waals surface area contributed by atoms with Gasteiger partial charge in [0.05, 0.1) is 30.2 Å². The van der Waals surface area contributed by atoms with E-state index in [2.05, 4.69) is 0 Å². The summed E-state index contributed by atoms with van der Waals surface area (Å²) in [6.45, 7) is 8.33. The van der Waals surface area contributed by atoms with Crippen molar-refractivity contribution in [2.75, 3.05) is 36.2 Å². The van der Waals surface area contributed by atoms with Crippen LogP contribution in [0.4, 0.5) is 20.2 Å². The van der Waals surface area contributed by atoms with E-state index in [-0.39, 0.29) is 60.6 Å². The number of ether oxygens (including phenoxy) is 5. The number of esters is 3. The van der Waals surface area contributed by atoms with Crippen molar-refractivity contribution in [3.63, 3.8) is 0 Å². The Balaban J connectivity index is 0.000000246. The van der Waals surface area contributed by atoms with E-state index < -0.39 is 59.2 Å². The molecule has 2 atom stereocenters. The molecule has 0 saturated carbocycles. The average Bonchev–Trinajstić information content (AvgIpc) is 2.97. The summed E-state index contributed by atoms with van der Waals surface area (Å²) in [5.41, 5.74) is 0.154. The van der Waals surface area contributed by atoms with Gasteiger partial charge in [-0.1, -0.05) is 0 Å². The lowest BCUT2D eigenvalue weighted by Crippen LogP contribution is -2.48. The van der Waals surface area contributed by atoms with Gasteiger partial charge in [0.1, 0.15) is 29.4 Å². The van der Waals surface area contributed by atoms with Crippen LogP contribution in [0.2, 0.25) is 0 Å². The maximum absolute atomic E-state index is 13.9. The minimum absolute atomic E-state index is 0.0779. The van der Waals surface area contributed by atoms with Crippen molar-refractivity contribution in [2.45, 2.75) is 53.6 Å². The first-order chi connectivity index (χ1) is 21.2. The molecule has 2 heterocycles. The summed E-state index contributed by atoms with van der Waals surface area (Å²) in [5.74, 6) is -5.04. The van der Waals surface area contributed by atoms with E-state index in [9.17, 15) is 37.5 Å². The van der Waals surface area contributed by atoms with Gasteiger partial charge in [-0.05, 0) is 40.7 Å². The molecule has 15 heteroatoms. The lowest BCUT2D eigenvalue weighted by molar-refractivity contribution is -0.146. The van der Waals surface area contributed by atoms with Crippen LogP contribution < -0.4 is 24.0 Å². The summed E-state index contributed by atoms with van der Waals surface area (Å²) in [4.78, 5) is 72.8. The van der Waals surface area contributed by atoms with Gasteiger partial charge < -0.3 is 23.7 Å². The molecule has 2 aliphatic heterocycles. The highest BCUT2D eigenvalue weighted by atomic mass is 19.1. The van der Waals surface area contributed by atoms with E-state index in [0.29, 0.717) is 0 Å². The fourth-order valence-corrected chi connectivity index (χ4v) is 4.45. The molecule has 0 N–H and O–H groups in total. The van der Waals surface area contributed by atoms with E-state index in [1.807, 2.05) is 0 Å². The van der Waals surface area contributed by atoms with E-state index >= 15 is 0 Å². The van der Waals surface area contributed by atoms with Crippen LogP contribution in [-0.4, -0.2) is 74.0 Å². The second kappa shape index (κ2) is 14.6. The van der Waals surface area contributed by atoms with Gasteiger partial charge in [-0.15, -0.1) is 0 Å². The largest absolute Gasteiger partial charge is 0.481 e. The molecule has 0 saturated heterocycles. The van der Waals surface area contributed by atoms with Crippen molar-refractivity contribution in [3.05, 3.63) is 41.5 Å². The first-order valence-electron chi connectivity index (χ1n) is 13.8. The molecule has 0 fully saturated rings.